The molecule has 0 bridgehead atoms. The topological polar surface area (TPSA) is 21.3 Å². The van der Waals surface area contributed by atoms with Gasteiger partial charge in [-0.15, -0.1) is 0 Å². The van der Waals surface area contributed by atoms with Gasteiger partial charge in [-0.2, -0.15) is 0 Å². The lowest BCUT2D eigenvalue weighted by molar-refractivity contribution is 0.378. The highest BCUT2D eigenvalue weighted by atomic mass is 19.1. The van der Waals surface area contributed by atoms with Gasteiger partial charge in [0.1, 0.15) is 0 Å². The first kappa shape index (κ1) is 11.4. The maximum atomic E-state index is 13.8. The molecule has 1 atom stereocenters. The Morgan fingerprint density at radius 3 is 2.88 bits per heavy atom. The number of nitrogens with one attached hydrogen (secondary N) is 1. The van der Waals surface area contributed by atoms with Gasteiger partial charge >= 0.3 is 0 Å². The van der Waals surface area contributed by atoms with Gasteiger partial charge < -0.3 is 10.1 Å². The van der Waals surface area contributed by atoms with E-state index in [1.807, 2.05) is 6.92 Å². The molecule has 1 aromatic rings. The lowest BCUT2D eigenvalue weighted by Gasteiger charge is -2.16. The van der Waals surface area contributed by atoms with Crippen molar-refractivity contribution in [2.45, 2.75) is 25.7 Å². The summed E-state index contributed by atoms with van der Waals surface area (Å²) in [6, 6.07) is 3.66. The fourth-order valence-electron chi connectivity index (χ4n) is 2.32. The fraction of sp³-hybridized carbons (Fsp3) is 0.538. The molecule has 1 N–H and O–H groups in total. The molecule has 1 unspecified atom stereocenters. The van der Waals surface area contributed by atoms with Crippen molar-refractivity contribution in [3.8, 4) is 5.75 Å². The van der Waals surface area contributed by atoms with Crippen molar-refractivity contribution in [1.82, 2.24) is 5.32 Å². The van der Waals surface area contributed by atoms with Crippen molar-refractivity contribution in [3.63, 3.8) is 0 Å². The Labute approximate surface area is 95.8 Å². The van der Waals surface area contributed by atoms with Gasteiger partial charge in [-0.1, -0.05) is 13.0 Å². The first-order valence-corrected chi connectivity index (χ1v) is 5.83. The largest absolute Gasteiger partial charge is 0.493 e. The van der Waals surface area contributed by atoms with E-state index >= 15 is 0 Å². The molecule has 0 aromatic heterocycles. The quantitative estimate of drug-likeness (QED) is 0.850. The smallest absolute Gasteiger partial charge is 0.165 e. The average molecular weight is 223 g/mol. The summed E-state index contributed by atoms with van der Waals surface area (Å²) in [7, 11) is 1.54. The van der Waals surface area contributed by atoms with Crippen molar-refractivity contribution in [3.05, 3.63) is 29.1 Å². The van der Waals surface area contributed by atoms with Gasteiger partial charge in [-0.25, -0.2) is 4.39 Å². The van der Waals surface area contributed by atoms with E-state index in [1.165, 1.54) is 7.11 Å². The van der Waals surface area contributed by atoms with Crippen molar-refractivity contribution in [1.29, 1.82) is 0 Å². The Morgan fingerprint density at radius 1 is 1.50 bits per heavy atom. The monoisotopic (exact) mass is 223 g/mol. The van der Waals surface area contributed by atoms with Gasteiger partial charge in [0.05, 0.1) is 7.11 Å². The van der Waals surface area contributed by atoms with Crippen LogP contribution in [0.3, 0.4) is 0 Å². The average Bonchev–Trinajstić information content (AvgIpc) is 2.81. The van der Waals surface area contributed by atoms with E-state index < -0.39 is 0 Å². The van der Waals surface area contributed by atoms with E-state index in [9.17, 15) is 4.39 Å². The summed E-state index contributed by atoms with van der Waals surface area (Å²) in [6.45, 7) is 3.96. The predicted octanol–water partition coefficient (Wildman–Crippen LogP) is 2.47. The summed E-state index contributed by atoms with van der Waals surface area (Å²) in [5.41, 5.74) is 2.06. The fourth-order valence-corrected chi connectivity index (χ4v) is 2.32. The lowest BCUT2D eigenvalue weighted by Crippen LogP contribution is -2.09. The zero-order valence-corrected chi connectivity index (χ0v) is 9.85. The van der Waals surface area contributed by atoms with Crippen LogP contribution in [0.25, 0.3) is 0 Å². The summed E-state index contributed by atoms with van der Waals surface area (Å²) < 4.78 is 19.0. The summed E-state index contributed by atoms with van der Waals surface area (Å²) in [5.74, 6) is 0.575. The highest BCUT2D eigenvalue weighted by molar-refractivity contribution is 5.41. The number of aryl methyl sites for hydroxylation is 1. The third kappa shape index (κ3) is 2.05. The van der Waals surface area contributed by atoms with Gasteiger partial charge in [0.25, 0.3) is 0 Å². The molecule has 0 amide bonds. The molecule has 0 spiro atoms. The number of hydrogen-bond donors (Lipinski definition) is 1. The molecule has 1 heterocycles. The minimum absolute atomic E-state index is 0.233. The van der Waals surface area contributed by atoms with Gasteiger partial charge in [0.2, 0.25) is 0 Å². The van der Waals surface area contributed by atoms with Gasteiger partial charge in [-0.05, 0) is 31.0 Å². The van der Waals surface area contributed by atoms with Crippen LogP contribution in [0.1, 0.15) is 30.4 Å². The van der Waals surface area contributed by atoms with Crippen molar-refractivity contribution in [2.24, 2.45) is 0 Å². The Morgan fingerprint density at radius 2 is 2.31 bits per heavy atom. The van der Waals surface area contributed by atoms with Gasteiger partial charge in [0, 0.05) is 18.0 Å². The zero-order chi connectivity index (χ0) is 11.5. The van der Waals surface area contributed by atoms with Crippen molar-refractivity contribution >= 4 is 0 Å². The van der Waals surface area contributed by atoms with E-state index in [2.05, 4.69) is 11.4 Å². The summed E-state index contributed by atoms with van der Waals surface area (Å²) >= 11 is 0. The maximum absolute atomic E-state index is 13.8. The Bertz CT molecular complexity index is 372. The lowest BCUT2D eigenvalue weighted by atomic mass is 9.94. The Hall–Kier alpha value is -1.09. The first-order valence-electron chi connectivity index (χ1n) is 5.83. The summed E-state index contributed by atoms with van der Waals surface area (Å²) in [6.07, 6.45) is 1.91. The highest BCUT2D eigenvalue weighted by Gasteiger charge is 2.22. The third-order valence-electron chi connectivity index (χ3n) is 3.24. The van der Waals surface area contributed by atoms with Crippen LogP contribution in [-0.2, 0) is 6.42 Å². The van der Waals surface area contributed by atoms with Crippen LogP contribution in [0.2, 0.25) is 0 Å². The third-order valence-corrected chi connectivity index (χ3v) is 3.24. The van der Waals surface area contributed by atoms with E-state index in [0.717, 1.165) is 37.1 Å². The van der Waals surface area contributed by atoms with E-state index in [1.54, 1.807) is 6.07 Å². The molecule has 2 rings (SSSR count). The minimum Gasteiger partial charge on any atom is -0.493 e. The molecule has 1 saturated heterocycles. The van der Waals surface area contributed by atoms with E-state index in [4.69, 9.17) is 4.74 Å². The van der Waals surface area contributed by atoms with Crippen LogP contribution in [0, 0.1) is 5.82 Å². The molecule has 1 aromatic carbocycles. The van der Waals surface area contributed by atoms with Gasteiger partial charge in [-0.3, -0.25) is 0 Å². The van der Waals surface area contributed by atoms with Crippen LogP contribution >= 0.6 is 0 Å². The first-order chi connectivity index (χ1) is 7.76. The maximum Gasteiger partial charge on any atom is 0.165 e. The molecule has 0 radical (unpaired) electrons. The number of halogens is 1. The molecular formula is C13H18FNO. The normalized spacial score (nSPS) is 20.1. The molecule has 3 heteroatoms. The molecule has 0 saturated carbocycles. The van der Waals surface area contributed by atoms with E-state index in [0.29, 0.717) is 11.7 Å². The summed E-state index contributed by atoms with van der Waals surface area (Å²) in [5, 5.41) is 3.30. The number of methoxy groups -OCH3 is 1. The second-order valence-electron chi connectivity index (χ2n) is 4.24. The molecule has 1 aliphatic rings. The molecule has 1 aliphatic heterocycles. The minimum atomic E-state index is -0.233. The van der Waals surface area contributed by atoms with Crippen LogP contribution in [-0.4, -0.2) is 20.2 Å². The molecule has 1 fully saturated rings. The Kier molecular flexibility index (Phi) is 3.44. The summed E-state index contributed by atoms with van der Waals surface area (Å²) in [4.78, 5) is 0. The Balaban J connectivity index is 2.42. The number of ether oxygens (including phenoxy) is 1. The van der Waals surface area contributed by atoms with Crippen molar-refractivity contribution in [2.75, 3.05) is 20.2 Å². The molecule has 2 nitrogen and oxygen atoms in total. The number of hydrogen-bond acceptors (Lipinski definition) is 2. The van der Waals surface area contributed by atoms with Crippen LogP contribution in [0.15, 0.2) is 12.1 Å². The number of benzene rings is 1. The SMILES string of the molecule is CCc1cc(F)c(OC)c(C2CCNC2)c1. The van der Waals surface area contributed by atoms with Gasteiger partial charge in [0.15, 0.2) is 11.6 Å². The van der Waals surface area contributed by atoms with Crippen molar-refractivity contribution < 1.29 is 9.13 Å². The second kappa shape index (κ2) is 4.83. The molecular weight excluding hydrogens is 205 g/mol. The molecule has 88 valence electrons. The van der Waals surface area contributed by atoms with Crippen LogP contribution in [0.4, 0.5) is 4.39 Å². The second-order valence-corrected chi connectivity index (χ2v) is 4.24. The standard InChI is InChI=1S/C13H18FNO/c1-3-9-6-11(10-4-5-15-8-10)13(16-2)12(14)7-9/h6-7,10,15H,3-5,8H2,1-2H3. The molecule has 16 heavy (non-hydrogen) atoms. The zero-order valence-electron chi connectivity index (χ0n) is 9.85. The number of rotatable bonds is 3. The predicted molar refractivity (Wildman–Crippen MR) is 62.6 cm³/mol. The highest BCUT2D eigenvalue weighted by Crippen LogP contribution is 2.33. The van der Waals surface area contributed by atoms with Crippen LogP contribution < -0.4 is 10.1 Å². The van der Waals surface area contributed by atoms with E-state index in [-0.39, 0.29) is 5.82 Å². The molecule has 0 aliphatic carbocycles. The van der Waals surface area contributed by atoms with Crippen LogP contribution in [0.5, 0.6) is 5.75 Å².